The number of rotatable bonds is 8. The molecule has 5 heterocycles. The van der Waals surface area contributed by atoms with Crippen LogP contribution in [0.15, 0.2) is 48.8 Å². The highest BCUT2D eigenvalue weighted by molar-refractivity contribution is 5.99. The molecule has 204 valence electrons. The molecule has 11 heteroatoms. The number of likely N-dealkylation sites (tertiary alicyclic amines) is 1. The number of fused-ring (bicyclic) bond motifs is 2. The van der Waals surface area contributed by atoms with Crippen LogP contribution in [0, 0.1) is 0 Å². The van der Waals surface area contributed by atoms with Crippen molar-refractivity contribution in [3.8, 4) is 17.4 Å². The van der Waals surface area contributed by atoms with Crippen molar-refractivity contribution in [1.82, 2.24) is 24.8 Å². The third-order valence-corrected chi connectivity index (χ3v) is 7.34. The van der Waals surface area contributed by atoms with Crippen molar-refractivity contribution in [1.29, 1.82) is 0 Å². The molecule has 2 amide bonds. The number of anilines is 3. The Morgan fingerprint density at radius 2 is 1.72 bits per heavy atom. The van der Waals surface area contributed by atoms with Gasteiger partial charge in [0.15, 0.2) is 5.82 Å². The number of morpholine rings is 1. The van der Waals surface area contributed by atoms with Gasteiger partial charge in [-0.2, -0.15) is 15.0 Å². The predicted molar refractivity (Wildman–Crippen MR) is 148 cm³/mol. The second-order valence-corrected chi connectivity index (χ2v) is 10.3. The lowest BCUT2D eigenvalue weighted by molar-refractivity contribution is 0.0298. The SMILES string of the molecule is O=C(Nc1ccc(-c2nc(OCCN3CCCCC3)nc(N3CC4CCC(C3)O4)n2)cc1)Nc1cccnc1. The second kappa shape index (κ2) is 11.9. The Morgan fingerprint density at radius 1 is 0.949 bits per heavy atom. The van der Waals surface area contributed by atoms with Crippen molar-refractivity contribution >= 4 is 23.4 Å². The molecule has 0 saturated carbocycles. The lowest BCUT2D eigenvalue weighted by Gasteiger charge is -2.32. The van der Waals surface area contributed by atoms with Crippen LogP contribution in [0.4, 0.5) is 22.1 Å². The molecule has 11 nitrogen and oxygen atoms in total. The van der Waals surface area contributed by atoms with E-state index in [1.807, 2.05) is 24.3 Å². The molecular formula is C28H34N8O3. The first-order valence-electron chi connectivity index (χ1n) is 13.8. The van der Waals surface area contributed by atoms with Crippen LogP contribution in [-0.4, -0.2) is 82.4 Å². The molecule has 2 N–H and O–H groups in total. The molecule has 2 aromatic heterocycles. The Balaban J connectivity index is 1.17. The summed E-state index contributed by atoms with van der Waals surface area (Å²) in [5.41, 5.74) is 2.08. The molecule has 3 aliphatic heterocycles. The Morgan fingerprint density at radius 3 is 2.46 bits per heavy atom. The monoisotopic (exact) mass is 530 g/mol. The topological polar surface area (TPSA) is 118 Å². The van der Waals surface area contributed by atoms with E-state index in [0.29, 0.717) is 35.8 Å². The Hall–Kier alpha value is -3.83. The van der Waals surface area contributed by atoms with Crippen LogP contribution in [0.1, 0.15) is 32.1 Å². The first-order chi connectivity index (χ1) is 19.2. The van der Waals surface area contributed by atoms with Crippen molar-refractivity contribution in [2.24, 2.45) is 0 Å². The number of piperidine rings is 1. The van der Waals surface area contributed by atoms with E-state index in [4.69, 9.17) is 19.4 Å². The number of nitrogens with zero attached hydrogens (tertiary/aromatic N) is 6. The molecular weight excluding hydrogens is 496 g/mol. The van der Waals surface area contributed by atoms with Gasteiger partial charge in [-0.15, -0.1) is 0 Å². The zero-order valence-corrected chi connectivity index (χ0v) is 22.0. The first-order valence-corrected chi connectivity index (χ1v) is 13.8. The van der Waals surface area contributed by atoms with E-state index in [0.717, 1.165) is 51.1 Å². The van der Waals surface area contributed by atoms with Crippen LogP contribution in [0.25, 0.3) is 11.4 Å². The standard InChI is InChI=1S/C28H34N8O3/c37-27(31-22-5-4-12-29-17-22)30-21-8-6-20(7-9-21)25-32-26(36-18-23-10-11-24(19-36)39-23)34-28(33-25)38-16-15-35-13-2-1-3-14-35/h4-9,12,17,23-24H,1-3,10-11,13-16,18-19H2,(H2,30,31,37). The van der Waals surface area contributed by atoms with Gasteiger partial charge in [-0.3, -0.25) is 9.88 Å². The molecule has 3 saturated heterocycles. The van der Waals surface area contributed by atoms with Crippen molar-refractivity contribution in [3.63, 3.8) is 0 Å². The molecule has 2 bridgehead atoms. The minimum atomic E-state index is -0.343. The third kappa shape index (κ3) is 6.61. The van der Waals surface area contributed by atoms with Crippen LogP contribution in [-0.2, 0) is 4.74 Å². The lowest BCUT2D eigenvalue weighted by Crippen LogP contribution is -2.43. The summed E-state index contributed by atoms with van der Waals surface area (Å²) in [5, 5.41) is 5.60. The number of amides is 2. The fourth-order valence-electron chi connectivity index (χ4n) is 5.34. The molecule has 3 aromatic rings. The maximum absolute atomic E-state index is 12.4. The Kier molecular flexibility index (Phi) is 7.78. The van der Waals surface area contributed by atoms with Crippen LogP contribution >= 0.6 is 0 Å². The van der Waals surface area contributed by atoms with E-state index in [1.165, 1.54) is 19.3 Å². The average molecular weight is 531 g/mol. The molecule has 6 rings (SSSR count). The van der Waals surface area contributed by atoms with Gasteiger partial charge in [-0.25, -0.2) is 4.79 Å². The van der Waals surface area contributed by atoms with Crippen LogP contribution in [0.5, 0.6) is 6.01 Å². The van der Waals surface area contributed by atoms with Crippen molar-refractivity contribution < 1.29 is 14.3 Å². The summed E-state index contributed by atoms with van der Waals surface area (Å²) in [4.78, 5) is 35.2. The maximum atomic E-state index is 12.4. The predicted octanol–water partition coefficient (Wildman–Crippen LogP) is 3.81. The van der Waals surface area contributed by atoms with E-state index < -0.39 is 0 Å². The zero-order valence-electron chi connectivity index (χ0n) is 22.0. The summed E-state index contributed by atoms with van der Waals surface area (Å²) in [6.07, 6.45) is 9.62. The van der Waals surface area contributed by atoms with Crippen LogP contribution in [0.2, 0.25) is 0 Å². The molecule has 3 aliphatic rings. The van der Waals surface area contributed by atoms with E-state index in [9.17, 15) is 4.79 Å². The first kappa shape index (κ1) is 25.4. The number of pyridine rings is 1. The molecule has 3 fully saturated rings. The number of urea groups is 1. The molecule has 0 aliphatic carbocycles. The molecule has 2 unspecified atom stereocenters. The minimum absolute atomic E-state index is 0.218. The van der Waals surface area contributed by atoms with E-state index >= 15 is 0 Å². The molecule has 1 aromatic carbocycles. The van der Waals surface area contributed by atoms with Gasteiger partial charge in [0.2, 0.25) is 5.95 Å². The van der Waals surface area contributed by atoms with E-state index in [2.05, 4.69) is 30.4 Å². The summed E-state index contributed by atoms with van der Waals surface area (Å²) in [5.74, 6) is 1.16. The quantitative estimate of drug-likeness (QED) is 0.448. The number of ether oxygens (including phenoxy) is 2. The minimum Gasteiger partial charge on any atom is -0.462 e. The van der Waals surface area contributed by atoms with Crippen molar-refractivity contribution in [2.75, 3.05) is 54.9 Å². The number of hydrogen-bond donors (Lipinski definition) is 2. The van der Waals surface area contributed by atoms with E-state index in [1.54, 1.807) is 24.5 Å². The number of aromatic nitrogens is 4. The summed E-state index contributed by atoms with van der Waals surface area (Å²) >= 11 is 0. The number of carbonyl (C=O) groups is 1. The molecule has 39 heavy (non-hydrogen) atoms. The van der Waals surface area contributed by atoms with Gasteiger partial charge < -0.3 is 25.0 Å². The van der Waals surface area contributed by atoms with Crippen molar-refractivity contribution in [2.45, 2.75) is 44.3 Å². The van der Waals surface area contributed by atoms with Gasteiger partial charge in [-0.05, 0) is 75.2 Å². The second-order valence-electron chi connectivity index (χ2n) is 10.3. The number of nitrogens with one attached hydrogen (secondary N) is 2. The molecule has 0 spiro atoms. The average Bonchev–Trinajstić information content (AvgIpc) is 3.31. The summed E-state index contributed by atoms with van der Waals surface area (Å²) < 4.78 is 12.1. The largest absolute Gasteiger partial charge is 0.462 e. The number of hydrogen-bond acceptors (Lipinski definition) is 9. The fourth-order valence-corrected chi connectivity index (χ4v) is 5.34. The Bertz CT molecular complexity index is 1240. The van der Waals surface area contributed by atoms with E-state index in [-0.39, 0.29) is 18.2 Å². The number of benzene rings is 1. The lowest BCUT2D eigenvalue weighted by atomic mass is 10.1. The summed E-state index contributed by atoms with van der Waals surface area (Å²) in [6, 6.07) is 11.0. The van der Waals surface area contributed by atoms with Gasteiger partial charge >= 0.3 is 12.0 Å². The number of carbonyl (C=O) groups excluding carboxylic acids is 1. The third-order valence-electron chi connectivity index (χ3n) is 7.34. The van der Waals surface area contributed by atoms with Gasteiger partial charge in [-0.1, -0.05) is 6.42 Å². The zero-order chi connectivity index (χ0) is 26.4. The van der Waals surface area contributed by atoms with Gasteiger partial charge in [0.1, 0.15) is 6.61 Å². The van der Waals surface area contributed by atoms with Crippen LogP contribution < -0.4 is 20.3 Å². The highest BCUT2D eigenvalue weighted by atomic mass is 16.5. The molecule has 2 atom stereocenters. The summed E-state index contributed by atoms with van der Waals surface area (Å²) in [7, 11) is 0. The smallest absolute Gasteiger partial charge is 0.323 e. The van der Waals surface area contributed by atoms with Crippen molar-refractivity contribution in [3.05, 3.63) is 48.8 Å². The van der Waals surface area contributed by atoms with Gasteiger partial charge in [0, 0.05) is 37.1 Å². The normalized spacial score (nSPS) is 21.0. The molecule has 0 radical (unpaired) electrons. The fraction of sp³-hybridized carbons (Fsp3) is 0.464. The maximum Gasteiger partial charge on any atom is 0.323 e. The summed E-state index contributed by atoms with van der Waals surface area (Å²) in [6.45, 7) is 5.17. The highest BCUT2D eigenvalue weighted by Crippen LogP contribution is 2.30. The van der Waals surface area contributed by atoms with Gasteiger partial charge in [0.25, 0.3) is 0 Å². The van der Waals surface area contributed by atoms with Crippen LogP contribution in [0.3, 0.4) is 0 Å². The highest BCUT2D eigenvalue weighted by Gasteiger charge is 2.35. The Labute approximate surface area is 228 Å². The van der Waals surface area contributed by atoms with Gasteiger partial charge in [0.05, 0.1) is 24.1 Å².